The number of thiophene rings is 1. The van der Waals surface area contributed by atoms with Gasteiger partial charge < -0.3 is 5.32 Å². The lowest BCUT2D eigenvalue weighted by Crippen LogP contribution is -2.09. The van der Waals surface area contributed by atoms with Gasteiger partial charge in [-0.1, -0.05) is 0 Å². The number of benzene rings is 1. The minimum absolute atomic E-state index is 0.236. The number of halogens is 1. The van der Waals surface area contributed by atoms with Crippen molar-refractivity contribution in [3.05, 3.63) is 51.3 Å². The van der Waals surface area contributed by atoms with Gasteiger partial charge in [-0.3, -0.25) is 14.9 Å². The van der Waals surface area contributed by atoms with E-state index in [0.29, 0.717) is 27.0 Å². The van der Waals surface area contributed by atoms with E-state index in [1.807, 2.05) is 13.0 Å². The summed E-state index contributed by atoms with van der Waals surface area (Å²) < 4.78 is 14.3. The van der Waals surface area contributed by atoms with Crippen molar-refractivity contribution in [2.45, 2.75) is 13.8 Å². The lowest BCUT2D eigenvalue weighted by atomic mass is 10.1. The van der Waals surface area contributed by atoms with E-state index < -0.39 is 5.82 Å². The third-order valence-electron chi connectivity index (χ3n) is 3.25. The molecule has 0 aliphatic rings. The van der Waals surface area contributed by atoms with Crippen LogP contribution in [0.15, 0.2) is 35.7 Å². The Balaban J connectivity index is 1.77. The van der Waals surface area contributed by atoms with Crippen LogP contribution in [-0.4, -0.2) is 16.8 Å². The van der Waals surface area contributed by atoms with Crippen molar-refractivity contribution < 1.29 is 14.0 Å². The molecule has 128 valence electrons. The van der Waals surface area contributed by atoms with E-state index in [1.54, 1.807) is 23.6 Å². The third kappa shape index (κ3) is 4.09. The zero-order valence-electron chi connectivity index (χ0n) is 13.4. The maximum atomic E-state index is 14.3. The monoisotopic (exact) mass is 375 g/mol. The Bertz CT molecular complexity index is 949. The summed E-state index contributed by atoms with van der Waals surface area (Å²) in [6, 6.07) is 8.02. The molecule has 5 nitrogen and oxygen atoms in total. The molecule has 3 aromatic rings. The fourth-order valence-corrected chi connectivity index (χ4v) is 3.64. The van der Waals surface area contributed by atoms with Crippen LogP contribution in [0.5, 0.6) is 0 Å². The average Bonchev–Trinajstić information content (AvgIpc) is 3.16. The molecule has 0 radical (unpaired) electrons. The molecule has 0 spiro atoms. The van der Waals surface area contributed by atoms with Gasteiger partial charge in [-0.2, -0.15) is 0 Å². The Labute approximate surface area is 151 Å². The molecule has 0 aliphatic heterocycles. The molecular formula is C17H14FN3O2S2. The van der Waals surface area contributed by atoms with E-state index in [2.05, 4.69) is 15.6 Å². The summed E-state index contributed by atoms with van der Waals surface area (Å²) in [7, 11) is 0. The largest absolute Gasteiger partial charge is 0.326 e. The zero-order chi connectivity index (χ0) is 18.0. The summed E-state index contributed by atoms with van der Waals surface area (Å²) in [6.07, 6.45) is 0. The quantitative estimate of drug-likeness (QED) is 0.704. The van der Waals surface area contributed by atoms with Crippen molar-refractivity contribution in [2.75, 3.05) is 10.6 Å². The topological polar surface area (TPSA) is 71.1 Å². The number of thiazole rings is 1. The molecule has 8 heteroatoms. The maximum absolute atomic E-state index is 14.3. The molecule has 2 aromatic heterocycles. The number of amides is 2. The molecule has 0 aliphatic carbocycles. The Hall–Kier alpha value is -2.58. The minimum atomic E-state index is -0.497. The van der Waals surface area contributed by atoms with Gasteiger partial charge in [-0.15, -0.1) is 22.7 Å². The maximum Gasteiger partial charge on any atom is 0.267 e. The molecular weight excluding hydrogens is 361 g/mol. The van der Waals surface area contributed by atoms with Gasteiger partial charge >= 0.3 is 0 Å². The first-order valence-corrected chi connectivity index (χ1v) is 9.03. The smallest absolute Gasteiger partial charge is 0.267 e. The molecule has 0 fully saturated rings. The van der Waals surface area contributed by atoms with Gasteiger partial charge in [-0.25, -0.2) is 9.37 Å². The summed E-state index contributed by atoms with van der Waals surface area (Å²) in [5.74, 6) is -1.00. The van der Waals surface area contributed by atoms with Crippen molar-refractivity contribution in [2.24, 2.45) is 0 Å². The first-order valence-electron chi connectivity index (χ1n) is 7.33. The number of anilines is 2. The second-order valence-corrected chi connectivity index (χ2v) is 7.42. The molecule has 0 saturated heterocycles. The van der Waals surface area contributed by atoms with Crippen LogP contribution in [0.2, 0.25) is 0 Å². The van der Waals surface area contributed by atoms with Gasteiger partial charge in [0.05, 0.1) is 10.6 Å². The lowest BCUT2D eigenvalue weighted by Gasteiger charge is -2.05. The number of aromatic nitrogens is 1. The zero-order valence-corrected chi connectivity index (χ0v) is 15.1. The molecule has 2 amide bonds. The Morgan fingerprint density at radius 3 is 2.60 bits per heavy atom. The summed E-state index contributed by atoms with van der Waals surface area (Å²) in [5, 5.41) is 7.31. The van der Waals surface area contributed by atoms with Gasteiger partial charge in [0.25, 0.3) is 5.91 Å². The van der Waals surface area contributed by atoms with Crippen molar-refractivity contribution in [1.82, 2.24) is 4.98 Å². The number of hydrogen-bond donors (Lipinski definition) is 2. The Kier molecular flexibility index (Phi) is 4.91. The van der Waals surface area contributed by atoms with Crippen LogP contribution in [0, 0.1) is 12.7 Å². The summed E-state index contributed by atoms with van der Waals surface area (Å²) in [4.78, 5) is 29.1. The molecule has 3 rings (SSSR count). The third-order valence-corrected chi connectivity index (χ3v) is 5.01. The van der Waals surface area contributed by atoms with Crippen molar-refractivity contribution in [1.29, 1.82) is 0 Å². The Morgan fingerprint density at radius 1 is 1.16 bits per heavy atom. The minimum Gasteiger partial charge on any atom is -0.326 e. The lowest BCUT2D eigenvalue weighted by molar-refractivity contribution is -0.114. The summed E-state index contributed by atoms with van der Waals surface area (Å²) in [5.41, 5.74) is 1.11. The standard InChI is InChI=1S/C17H14FN3O2S2/c1-9-3-6-15(25-9)16(23)21-17-20-14(8-24-17)12-5-4-11(7-13(12)18)19-10(2)22/h3-8H,1-2H3,(H,19,22)(H,20,21,23). The molecule has 2 N–H and O–H groups in total. The molecule has 0 saturated carbocycles. The molecule has 1 aromatic carbocycles. The van der Waals surface area contributed by atoms with Gasteiger partial charge in [0.2, 0.25) is 5.91 Å². The fourth-order valence-electron chi connectivity index (χ4n) is 2.17. The van der Waals surface area contributed by atoms with Crippen LogP contribution in [-0.2, 0) is 4.79 Å². The van der Waals surface area contributed by atoms with Crippen LogP contribution < -0.4 is 10.6 Å². The van der Waals surface area contributed by atoms with E-state index >= 15 is 0 Å². The van der Waals surface area contributed by atoms with E-state index in [-0.39, 0.29) is 11.8 Å². The second-order valence-electron chi connectivity index (χ2n) is 5.28. The van der Waals surface area contributed by atoms with E-state index in [9.17, 15) is 14.0 Å². The number of nitrogens with one attached hydrogen (secondary N) is 2. The van der Waals surface area contributed by atoms with Crippen LogP contribution in [0.3, 0.4) is 0 Å². The molecule has 2 heterocycles. The van der Waals surface area contributed by atoms with Crippen LogP contribution in [0.1, 0.15) is 21.5 Å². The van der Waals surface area contributed by atoms with Crippen molar-refractivity contribution in [3.63, 3.8) is 0 Å². The molecule has 25 heavy (non-hydrogen) atoms. The van der Waals surface area contributed by atoms with Crippen LogP contribution in [0.25, 0.3) is 11.3 Å². The first kappa shape index (κ1) is 17.2. The highest BCUT2D eigenvalue weighted by Gasteiger charge is 2.14. The van der Waals surface area contributed by atoms with E-state index in [1.165, 1.54) is 35.7 Å². The SMILES string of the molecule is CC(=O)Nc1ccc(-c2csc(NC(=O)c3ccc(C)s3)n2)c(F)c1. The highest BCUT2D eigenvalue weighted by molar-refractivity contribution is 7.15. The van der Waals surface area contributed by atoms with Gasteiger partial charge in [0.15, 0.2) is 5.13 Å². The average molecular weight is 375 g/mol. The summed E-state index contributed by atoms with van der Waals surface area (Å²) in [6.45, 7) is 3.28. The highest BCUT2D eigenvalue weighted by atomic mass is 32.1. The van der Waals surface area contributed by atoms with Gasteiger partial charge in [0, 0.05) is 28.4 Å². The summed E-state index contributed by atoms with van der Waals surface area (Å²) >= 11 is 2.62. The molecule has 0 atom stereocenters. The van der Waals surface area contributed by atoms with E-state index in [4.69, 9.17) is 0 Å². The Morgan fingerprint density at radius 2 is 1.96 bits per heavy atom. The normalized spacial score (nSPS) is 10.5. The highest BCUT2D eigenvalue weighted by Crippen LogP contribution is 2.29. The molecule has 0 bridgehead atoms. The van der Waals surface area contributed by atoms with Crippen molar-refractivity contribution in [3.8, 4) is 11.3 Å². The number of nitrogens with zero attached hydrogens (tertiary/aromatic N) is 1. The number of rotatable bonds is 4. The second kappa shape index (κ2) is 7.12. The fraction of sp³-hybridized carbons (Fsp3) is 0.118. The van der Waals surface area contributed by atoms with E-state index in [0.717, 1.165) is 4.88 Å². The van der Waals surface area contributed by atoms with Gasteiger partial charge in [-0.05, 0) is 37.3 Å². The number of carbonyl (C=O) groups excluding carboxylic acids is 2. The number of aryl methyl sites for hydroxylation is 1. The molecule has 0 unspecified atom stereocenters. The van der Waals surface area contributed by atoms with Crippen molar-refractivity contribution >= 4 is 45.3 Å². The van der Waals surface area contributed by atoms with Crippen LogP contribution in [0.4, 0.5) is 15.2 Å². The number of carbonyl (C=O) groups is 2. The van der Waals surface area contributed by atoms with Crippen LogP contribution >= 0.6 is 22.7 Å². The predicted molar refractivity (Wildman–Crippen MR) is 98.8 cm³/mol. The predicted octanol–water partition coefficient (Wildman–Crippen LogP) is 4.53. The van der Waals surface area contributed by atoms with Gasteiger partial charge in [0.1, 0.15) is 5.82 Å². The first-order chi connectivity index (χ1) is 11.9. The number of hydrogen-bond acceptors (Lipinski definition) is 5.